The number of hydrogen-bond donors (Lipinski definition) is 1. The first kappa shape index (κ1) is 16.2. The lowest BCUT2D eigenvalue weighted by Gasteiger charge is -2.56. The summed E-state index contributed by atoms with van der Waals surface area (Å²) in [6.07, 6.45) is 15.4. The highest BCUT2D eigenvalue weighted by Crippen LogP contribution is 2.64. The molecule has 0 aromatic rings. The third-order valence-electron chi connectivity index (χ3n) is 8.96. The van der Waals surface area contributed by atoms with Crippen LogP contribution >= 0.6 is 0 Å². The monoisotopic (exact) mass is 316 g/mol. The van der Waals surface area contributed by atoms with Crippen molar-refractivity contribution < 1.29 is 5.11 Å². The summed E-state index contributed by atoms with van der Waals surface area (Å²) in [4.78, 5) is 0. The average molecular weight is 317 g/mol. The van der Waals surface area contributed by atoms with Gasteiger partial charge in [-0.2, -0.15) is 0 Å². The second-order valence-corrected chi connectivity index (χ2v) is 9.56. The fraction of sp³-hybridized carbons (Fsp3) is 0.909. The summed E-state index contributed by atoms with van der Waals surface area (Å²) in [6.45, 7) is 7.02. The van der Waals surface area contributed by atoms with Crippen LogP contribution in [-0.4, -0.2) is 10.7 Å². The Morgan fingerprint density at radius 2 is 1.83 bits per heavy atom. The molecule has 4 saturated carbocycles. The van der Waals surface area contributed by atoms with Crippen molar-refractivity contribution in [3.63, 3.8) is 0 Å². The van der Waals surface area contributed by atoms with Crippen molar-refractivity contribution in [3.8, 4) is 0 Å². The molecule has 1 N–H and O–H groups in total. The number of allylic oxidation sites excluding steroid dienone is 2. The van der Waals surface area contributed by atoms with Crippen molar-refractivity contribution in [1.82, 2.24) is 0 Å². The van der Waals surface area contributed by atoms with Gasteiger partial charge in [0.2, 0.25) is 0 Å². The van der Waals surface area contributed by atoms with Gasteiger partial charge in [-0.15, -0.1) is 0 Å². The van der Waals surface area contributed by atoms with Crippen LogP contribution in [0.2, 0.25) is 0 Å². The van der Waals surface area contributed by atoms with Gasteiger partial charge in [0.05, 0.1) is 5.60 Å². The Balaban J connectivity index is 1.55. The molecule has 1 nitrogen and oxygen atoms in total. The van der Waals surface area contributed by atoms with E-state index in [-0.39, 0.29) is 5.60 Å². The highest BCUT2D eigenvalue weighted by molar-refractivity contribution is 5.23. The van der Waals surface area contributed by atoms with Crippen molar-refractivity contribution in [3.05, 3.63) is 11.6 Å². The van der Waals surface area contributed by atoms with Crippen LogP contribution in [0.1, 0.15) is 85.0 Å². The third kappa shape index (κ3) is 2.36. The summed E-state index contributed by atoms with van der Waals surface area (Å²) in [5, 5.41) is 10.8. The smallest absolute Gasteiger partial charge is 0.0648 e. The maximum atomic E-state index is 10.8. The molecule has 4 aliphatic carbocycles. The van der Waals surface area contributed by atoms with Gasteiger partial charge in [0.15, 0.2) is 0 Å². The molecule has 0 heterocycles. The lowest BCUT2D eigenvalue weighted by atomic mass is 9.49. The molecule has 4 fully saturated rings. The SMILES string of the molecule is CC=C1CC[C@H]2[C@@H]3CC[C@H]4C[C@@](O)(CC)CC[C@@H]4[C@H]3CC[C@]12C. The van der Waals surface area contributed by atoms with Crippen molar-refractivity contribution in [2.24, 2.45) is 35.0 Å². The average Bonchev–Trinajstić information content (AvgIpc) is 2.90. The van der Waals surface area contributed by atoms with E-state index in [0.717, 1.165) is 48.9 Å². The standard InChI is InChI=1S/C22H36O/c1-4-16-7-9-20-19-8-6-15-14-22(23,5-2)13-11-17(15)18(19)10-12-21(16,20)3/h4,15,17-20,23H,5-14H2,1-3H3/t15-,17-,18+,19+,20-,21+,22+/m0/s1. The van der Waals surface area contributed by atoms with Gasteiger partial charge in [-0.25, -0.2) is 0 Å². The first-order chi connectivity index (χ1) is 11.0. The molecule has 1 heteroatoms. The first-order valence-corrected chi connectivity index (χ1v) is 10.4. The number of hydrogen-bond acceptors (Lipinski definition) is 1. The van der Waals surface area contributed by atoms with Crippen molar-refractivity contribution >= 4 is 0 Å². The third-order valence-corrected chi connectivity index (χ3v) is 8.96. The zero-order valence-corrected chi connectivity index (χ0v) is 15.5. The van der Waals surface area contributed by atoms with Gasteiger partial charge < -0.3 is 5.11 Å². The molecule has 0 bridgehead atoms. The molecule has 0 spiro atoms. The molecule has 0 aromatic heterocycles. The van der Waals surface area contributed by atoms with Gasteiger partial charge in [0.25, 0.3) is 0 Å². The summed E-state index contributed by atoms with van der Waals surface area (Å²) in [7, 11) is 0. The Labute approximate surface area is 142 Å². The lowest BCUT2D eigenvalue weighted by Crippen LogP contribution is -2.50. The van der Waals surface area contributed by atoms with E-state index in [2.05, 4.69) is 26.8 Å². The van der Waals surface area contributed by atoms with E-state index in [0.29, 0.717) is 5.41 Å². The van der Waals surface area contributed by atoms with E-state index < -0.39 is 0 Å². The van der Waals surface area contributed by atoms with Crippen LogP contribution in [0.15, 0.2) is 11.6 Å². The number of fused-ring (bicyclic) bond motifs is 5. The molecule has 0 unspecified atom stereocenters. The van der Waals surface area contributed by atoms with Crippen LogP contribution in [0, 0.1) is 35.0 Å². The summed E-state index contributed by atoms with van der Waals surface area (Å²) in [5.41, 5.74) is 1.97. The number of aliphatic hydroxyl groups is 1. The minimum Gasteiger partial charge on any atom is -0.390 e. The normalized spacial score (nSPS) is 54.4. The Morgan fingerprint density at radius 3 is 2.57 bits per heavy atom. The minimum atomic E-state index is -0.331. The van der Waals surface area contributed by atoms with Gasteiger partial charge in [-0.1, -0.05) is 25.5 Å². The van der Waals surface area contributed by atoms with Crippen LogP contribution < -0.4 is 0 Å². The largest absolute Gasteiger partial charge is 0.390 e. The van der Waals surface area contributed by atoms with Gasteiger partial charge in [0.1, 0.15) is 0 Å². The van der Waals surface area contributed by atoms with Crippen LogP contribution in [0.4, 0.5) is 0 Å². The van der Waals surface area contributed by atoms with Crippen molar-refractivity contribution in [1.29, 1.82) is 0 Å². The van der Waals surface area contributed by atoms with Gasteiger partial charge in [-0.05, 0) is 106 Å². The van der Waals surface area contributed by atoms with Crippen LogP contribution in [-0.2, 0) is 0 Å². The Hall–Kier alpha value is -0.300. The highest BCUT2D eigenvalue weighted by atomic mass is 16.3. The predicted molar refractivity (Wildman–Crippen MR) is 96.1 cm³/mol. The maximum Gasteiger partial charge on any atom is 0.0648 e. The van der Waals surface area contributed by atoms with Crippen LogP contribution in [0.25, 0.3) is 0 Å². The lowest BCUT2D eigenvalue weighted by molar-refractivity contribution is -0.0980. The van der Waals surface area contributed by atoms with E-state index in [9.17, 15) is 5.11 Å². The van der Waals surface area contributed by atoms with E-state index in [1.54, 1.807) is 5.57 Å². The Kier molecular flexibility index (Phi) is 3.95. The van der Waals surface area contributed by atoms with E-state index in [1.807, 2.05) is 0 Å². The van der Waals surface area contributed by atoms with E-state index in [1.165, 1.54) is 44.9 Å². The van der Waals surface area contributed by atoms with E-state index in [4.69, 9.17) is 0 Å². The Morgan fingerprint density at radius 1 is 1.04 bits per heavy atom. The second kappa shape index (κ2) is 5.61. The molecule has 23 heavy (non-hydrogen) atoms. The van der Waals surface area contributed by atoms with E-state index >= 15 is 0 Å². The minimum absolute atomic E-state index is 0.331. The fourth-order valence-corrected chi connectivity index (χ4v) is 7.61. The zero-order chi connectivity index (χ0) is 16.2. The van der Waals surface area contributed by atoms with Gasteiger partial charge in [0, 0.05) is 0 Å². The molecule has 0 radical (unpaired) electrons. The molecule has 0 amide bonds. The van der Waals surface area contributed by atoms with Crippen molar-refractivity contribution in [2.45, 2.75) is 90.6 Å². The molecule has 0 aliphatic heterocycles. The summed E-state index contributed by atoms with van der Waals surface area (Å²) in [5.74, 6) is 4.67. The summed E-state index contributed by atoms with van der Waals surface area (Å²) < 4.78 is 0. The topological polar surface area (TPSA) is 20.2 Å². The quantitative estimate of drug-likeness (QED) is 0.613. The molecule has 4 aliphatic rings. The molecular formula is C22H36O. The molecule has 0 saturated heterocycles. The van der Waals surface area contributed by atoms with Gasteiger partial charge in [-0.3, -0.25) is 0 Å². The molecule has 4 rings (SSSR count). The van der Waals surface area contributed by atoms with Crippen molar-refractivity contribution in [2.75, 3.05) is 0 Å². The zero-order valence-electron chi connectivity index (χ0n) is 15.5. The molecule has 7 atom stereocenters. The summed E-state index contributed by atoms with van der Waals surface area (Å²) in [6, 6.07) is 0. The summed E-state index contributed by atoms with van der Waals surface area (Å²) >= 11 is 0. The maximum absolute atomic E-state index is 10.8. The van der Waals surface area contributed by atoms with Crippen LogP contribution in [0.3, 0.4) is 0 Å². The highest BCUT2D eigenvalue weighted by Gasteiger charge is 2.55. The molecule has 130 valence electrons. The molecular weight excluding hydrogens is 280 g/mol. The Bertz CT molecular complexity index is 494. The first-order valence-electron chi connectivity index (χ1n) is 10.4. The van der Waals surface area contributed by atoms with Crippen LogP contribution in [0.5, 0.6) is 0 Å². The second-order valence-electron chi connectivity index (χ2n) is 9.56. The molecule has 0 aromatic carbocycles. The predicted octanol–water partition coefficient (Wildman–Crippen LogP) is 5.73. The fourth-order valence-electron chi connectivity index (χ4n) is 7.61. The van der Waals surface area contributed by atoms with Gasteiger partial charge >= 0.3 is 0 Å². The number of rotatable bonds is 1.